The molecule has 1 aromatic carbocycles. The van der Waals surface area contributed by atoms with Crippen molar-refractivity contribution >= 4 is 41.7 Å². The highest BCUT2D eigenvalue weighted by Gasteiger charge is 2.40. The van der Waals surface area contributed by atoms with E-state index in [0.717, 1.165) is 77.3 Å². The van der Waals surface area contributed by atoms with Gasteiger partial charge < -0.3 is 65.8 Å². The molecule has 1 fully saturated rings. The van der Waals surface area contributed by atoms with Crippen LogP contribution in [-0.4, -0.2) is 157 Å². The second-order valence-corrected chi connectivity index (χ2v) is 27.9. The fraction of sp³-hybridized carbons (Fsp3) is 0.734. The predicted molar refractivity (Wildman–Crippen MR) is 396 cm³/mol. The molecule has 0 spiro atoms. The normalized spacial score (nSPS) is 16.2. The van der Waals surface area contributed by atoms with Gasteiger partial charge in [-0.1, -0.05) is 153 Å². The third kappa shape index (κ3) is 46.3. The highest BCUT2D eigenvalue weighted by Crippen LogP contribution is 2.36. The van der Waals surface area contributed by atoms with Crippen molar-refractivity contribution in [1.29, 1.82) is 0 Å². The van der Waals surface area contributed by atoms with E-state index in [2.05, 4.69) is 101 Å². The molecule has 20 nitrogen and oxygen atoms in total. The number of benzene rings is 1. The van der Waals surface area contributed by atoms with E-state index >= 15 is 0 Å². The van der Waals surface area contributed by atoms with E-state index in [4.69, 9.17) is 24.1 Å². The Balaban J connectivity index is 1.68. The fourth-order valence-corrected chi connectivity index (χ4v) is 11.5. The summed E-state index contributed by atoms with van der Waals surface area (Å²) in [5, 5.41) is 40.6. The number of amides is 5. The number of nitrogens with one attached hydrogen (secondary N) is 5. The Bertz CT molecular complexity index is 2440. The van der Waals surface area contributed by atoms with E-state index in [1.807, 2.05) is 27.7 Å². The van der Waals surface area contributed by atoms with E-state index < -0.39 is 65.3 Å². The van der Waals surface area contributed by atoms with Crippen LogP contribution in [-0.2, 0) is 38.1 Å². The molecule has 0 radical (unpaired) electrons. The monoisotopic (exact) mass is 1390 g/mol. The molecule has 1 saturated heterocycles. The van der Waals surface area contributed by atoms with Gasteiger partial charge in [-0.25, -0.2) is 14.4 Å². The first-order valence-corrected chi connectivity index (χ1v) is 38.2. The number of hydrogen-bond acceptors (Lipinski definition) is 12. The summed E-state index contributed by atoms with van der Waals surface area (Å²) >= 11 is 0. The van der Waals surface area contributed by atoms with Crippen molar-refractivity contribution in [3.05, 3.63) is 84.0 Å². The maximum absolute atomic E-state index is 13.0. The molecule has 8 N–H and O–H groups in total. The van der Waals surface area contributed by atoms with Crippen molar-refractivity contribution in [3.8, 4) is 0 Å². The molecule has 1 aliphatic heterocycles. The molecule has 99 heavy (non-hydrogen) atoms. The average molecular weight is 1390 g/mol. The van der Waals surface area contributed by atoms with Crippen molar-refractivity contribution in [2.45, 2.75) is 314 Å². The van der Waals surface area contributed by atoms with Crippen molar-refractivity contribution < 1.29 is 67.8 Å². The maximum Gasteiger partial charge on any atom is 0.326 e. The molecule has 5 amide bonds. The van der Waals surface area contributed by atoms with Crippen molar-refractivity contribution in [2.24, 2.45) is 0 Å². The highest BCUT2D eigenvalue weighted by atomic mass is 16.7. The van der Waals surface area contributed by atoms with Crippen LogP contribution in [0.5, 0.6) is 0 Å². The van der Waals surface area contributed by atoms with Gasteiger partial charge >= 0.3 is 23.9 Å². The quantitative estimate of drug-likeness (QED) is 0.0222. The summed E-state index contributed by atoms with van der Waals surface area (Å²) in [6.45, 7) is 16.2. The summed E-state index contributed by atoms with van der Waals surface area (Å²) < 4.78 is 26.1. The van der Waals surface area contributed by atoms with Crippen LogP contribution in [0.4, 0.5) is 4.79 Å². The molecule has 1 aliphatic rings. The Morgan fingerprint density at radius 2 is 1.05 bits per heavy atom. The second kappa shape index (κ2) is 55.7. The summed E-state index contributed by atoms with van der Waals surface area (Å²) in [4.78, 5) is 87.3. The largest absolute Gasteiger partial charge is 0.481 e. The number of nitrogens with zero attached hydrogens (tertiary/aromatic N) is 1. The molecule has 4 atom stereocenters. The van der Waals surface area contributed by atoms with Gasteiger partial charge in [0.2, 0.25) is 5.91 Å². The summed E-state index contributed by atoms with van der Waals surface area (Å²) in [5.74, 6) is -5.24. The summed E-state index contributed by atoms with van der Waals surface area (Å²) in [6.07, 6.45) is 55.1. The lowest BCUT2D eigenvalue weighted by molar-refractivity contribution is -0.180. The smallest absolute Gasteiger partial charge is 0.326 e. The number of aliphatic carboxylic acids is 3. The van der Waals surface area contributed by atoms with Crippen LogP contribution in [0.15, 0.2) is 72.9 Å². The zero-order valence-electron chi connectivity index (χ0n) is 62.3. The SMILES string of the molecule is CCCCCC=CCC=CCCCCCCCCC1(CCCCCCCCC=CCC=CCCCCC)OCC(CCN(C)CCCCCC(=O)NCC(C)(C)OCC(C)(CC)OCCNC(=O)c2ccc(C(=O)NCCCCC(NC(=O)NC(CCC(=O)O)C(=O)O)C(=O)O)cc2)O1. The Kier molecular flexibility index (Phi) is 50.2. The Hall–Kier alpha value is -5.93. The Morgan fingerprint density at radius 3 is 1.56 bits per heavy atom. The van der Waals surface area contributed by atoms with Gasteiger partial charge in [-0.15, -0.1) is 0 Å². The lowest BCUT2D eigenvalue weighted by Crippen LogP contribution is -2.51. The maximum atomic E-state index is 13.0. The Labute approximate surface area is 596 Å². The molecule has 1 aromatic rings. The van der Waals surface area contributed by atoms with E-state index in [9.17, 15) is 43.8 Å². The minimum atomic E-state index is -1.51. The van der Waals surface area contributed by atoms with Crippen LogP contribution in [0.25, 0.3) is 0 Å². The van der Waals surface area contributed by atoms with Crippen molar-refractivity contribution in [1.82, 2.24) is 31.5 Å². The summed E-state index contributed by atoms with van der Waals surface area (Å²) in [6, 6.07) is 2.18. The van der Waals surface area contributed by atoms with E-state index in [-0.39, 0.29) is 63.5 Å². The van der Waals surface area contributed by atoms with Gasteiger partial charge in [0.05, 0.1) is 37.1 Å². The van der Waals surface area contributed by atoms with Gasteiger partial charge in [0.1, 0.15) is 12.1 Å². The van der Waals surface area contributed by atoms with Gasteiger partial charge in [0.25, 0.3) is 11.8 Å². The standard InChI is InChI=1S/C79H134N6O14/c1-8-11-13-15-17-19-21-23-25-27-29-31-33-35-37-42-55-79(56-43-38-36-34-32-30-28-26-24-22-20-18-16-14-12-9-2)97-62-67(99-79)54-60-85(7)59-45-39-40-47-70(86)82-63-77(4,5)98-64-78(6,10-3)96-61-58-81-73(90)66-50-48-65(49-51-66)72(89)80-57-44-41-46-68(74(91)92)83-76(95)84-69(75(93)94)52-53-71(87)88/h17-20,23-26,48-51,67-69H,8-16,21-22,27-47,52-64H2,1-7H3,(H,80,89)(H,81,90)(H,82,86)(H,87,88)(H,91,92)(H,93,94)(H2,83,84,95). The van der Waals surface area contributed by atoms with Crippen molar-refractivity contribution in [3.63, 3.8) is 0 Å². The molecule has 1 heterocycles. The number of ether oxygens (including phenoxy) is 4. The molecule has 0 aliphatic carbocycles. The lowest BCUT2D eigenvalue weighted by Gasteiger charge is -2.34. The first kappa shape index (κ1) is 89.2. The average Bonchev–Trinajstić information content (AvgIpc) is 1.76. The number of carboxylic acid groups (broad SMARTS) is 3. The zero-order chi connectivity index (χ0) is 72.7. The molecule has 564 valence electrons. The fourth-order valence-electron chi connectivity index (χ4n) is 11.5. The summed E-state index contributed by atoms with van der Waals surface area (Å²) in [7, 11) is 2.18. The van der Waals surface area contributed by atoms with E-state index in [1.54, 1.807) is 0 Å². The van der Waals surface area contributed by atoms with Crippen LogP contribution in [0.2, 0.25) is 0 Å². The van der Waals surface area contributed by atoms with Crippen LogP contribution in [0.1, 0.15) is 300 Å². The third-order valence-electron chi connectivity index (χ3n) is 18.2. The lowest BCUT2D eigenvalue weighted by atomic mass is 9.98. The third-order valence-corrected chi connectivity index (χ3v) is 18.2. The number of hydrogen-bond donors (Lipinski definition) is 8. The first-order chi connectivity index (χ1) is 47.7. The molecule has 2 rings (SSSR count). The molecule has 20 heteroatoms. The minimum absolute atomic E-state index is 0.00393. The van der Waals surface area contributed by atoms with Crippen LogP contribution in [0.3, 0.4) is 0 Å². The van der Waals surface area contributed by atoms with Gasteiger partial charge in [0, 0.05) is 63.0 Å². The predicted octanol–water partition coefficient (Wildman–Crippen LogP) is 15.9. The number of allylic oxidation sites excluding steroid dienone is 8. The van der Waals surface area contributed by atoms with E-state index in [0.29, 0.717) is 43.5 Å². The summed E-state index contributed by atoms with van der Waals surface area (Å²) in [5.41, 5.74) is -0.642. The second-order valence-electron chi connectivity index (χ2n) is 27.9. The number of rotatable bonds is 63. The van der Waals surface area contributed by atoms with Gasteiger partial charge in [0.15, 0.2) is 5.79 Å². The molecular weight excluding hydrogens is 1260 g/mol. The van der Waals surface area contributed by atoms with Crippen molar-refractivity contribution in [2.75, 3.05) is 59.6 Å². The minimum Gasteiger partial charge on any atom is -0.481 e. The van der Waals surface area contributed by atoms with Crippen LogP contribution >= 0.6 is 0 Å². The topological polar surface area (TPSA) is 280 Å². The van der Waals surface area contributed by atoms with Crippen LogP contribution < -0.4 is 26.6 Å². The number of urea groups is 1. The molecule has 0 saturated carbocycles. The van der Waals surface area contributed by atoms with E-state index in [1.165, 1.54) is 153 Å². The highest BCUT2D eigenvalue weighted by molar-refractivity contribution is 5.97. The molecule has 4 unspecified atom stereocenters. The Morgan fingerprint density at radius 1 is 0.566 bits per heavy atom. The molecule has 0 bridgehead atoms. The number of unbranched alkanes of at least 4 members (excludes halogenated alkanes) is 21. The number of carbonyl (C=O) groups is 7. The number of carboxylic acids is 3. The first-order valence-electron chi connectivity index (χ1n) is 38.2. The molecule has 0 aromatic heterocycles. The zero-order valence-corrected chi connectivity index (χ0v) is 62.3. The number of carbonyl (C=O) groups excluding carboxylic acids is 4. The van der Waals surface area contributed by atoms with Gasteiger partial charge in [-0.05, 0) is 187 Å². The van der Waals surface area contributed by atoms with Gasteiger partial charge in [-0.2, -0.15) is 0 Å². The molecular formula is C79H134N6O14. The van der Waals surface area contributed by atoms with Crippen LogP contribution in [0, 0.1) is 0 Å². The van der Waals surface area contributed by atoms with Gasteiger partial charge in [-0.3, -0.25) is 19.2 Å².